The molecule has 1 unspecified atom stereocenters. The summed E-state index contributed by atoms with van der Waals surface area (Å²) in [4.78, 5) is 12.0. The maximum absolute atomic E-state index is 13.5. The molecule has 0 radical (unpaired) electrons. The van der Waals surface area contributed by atoms with Crippen LogP contribution in [0.2, 0.25) is 0 Å². The molecule has 0 bridgehead atoms. The van der Waals surface area contributed by atoms with Crippen LogP contribution in [0.1, 0.15) is 34.1 Å². The van der Waals surface area contributed by atoms with E-state index in [-0.39, 0.29) is 23.1 Å². The van der Waals surface area contributed by atoms with E-state index in [2.05, 4.69) is 0 Å². The number of carbonyl (C=O) groups excluding carboxylic acids is 1. The molecular weight excluding hydrogens is 380 g/mol. The molecule has 1 amide bonds. The second-order valence-corrected chi connectivity index (χ2v) is 9.46. The number of hydrogen-bond donors (Lipinski definition) is 3. The SMILES string of the molecule is CC(C)CCN(C(C(=O)NO)C(C)C)S(=O)(=O)c1ccc2ccccc2c1O. The zero-order valence-corrected chi connectivity index (χ0v) is 17.4. The van der Waals surface area contributed by atoms with Crippen LogP contribution in [0, 0.1) is 11.8 Å². The number of sulfonamides is 1. The lowest BCUT2D eigenvalue weighted by atomic mass is 10.0. The number of hydroxylamine groups is 1. The fourth-order valence-electron chi connectivity index (χ4n) is 3.20. The predicted octanol–water partition coefficient (Wildman–Crippen LogP) is 3.11. The van der Waals surface area contributed by atoms with Gasteiger partial charge in [-0.2, -0.15) is 4.31 Å². The Labute approximate surface area is 166 Å². The largest absolute Gasteiger partial charge is 0.506 e. The minimum Gasteiger partial charge on any atom is -0.506 e. The summed E-state index contributed by atoms with van der Waals surface area (Å²) in [5.41, 5.74) is 1.57. The molecule has 0 aliphatic heterocycles. The van der Waals surface area contributed by atoms with Gasteiger partial charge in [0.25, 0.3) is 5.91 Å². The van der Waals surface area contributed by atoms with E-state index in [0.717, 1.165) is 4.31 Å². The van der Waals surface area contributed by atoms with E-state index in [9.17, 15) is 18.3 Å². The Kier molecular flexibility index (Phi) is 7.03. The number of amides is 1. The molecule has 154 valence electrons. The van der Waals surface area contributed by atoms with Gasteiger partial charge in [-0.25, -0.2) is 13.9 Å². The van der Waals surface area contributed by atoms with Gasteiger partial charge in [0.1, 0.15) is 16.7 Å². The number of aromatic hydroxyl groups is 1. The molecule has 0 aliphatic rings. The normalized spacial score (nSPS) is 13.4. The summed E-state index contributed by atoms with van der Waals surface area (Å²) in [5, 5.41) is 20.9. The second-order valence-electron chi connectivity index (χ2n) is 7.60. The van der Waals surface area contributed by atoms with Crippen LogP contribution in [0.5, 0.6) is 5.75 Å². The summed E-state index contributed by atoms with van der Waals surface area (Å²) in [6, 6.07) is 8.79. The average Bonchev–Trinajstić information content (AvgIpc) is 2.64. The Morgan fingerprint density at radius 2 is 1.75 bits per heavy atom. The average molecular weight is 409 g/mol. The third-order valence-electron chi connectivity index (χ3n) is 4.70. The molecule has 8 heteroatoms. The molecular formula is C20H28N2O5S. The van der Waals surface area contributed by atoms with Crippen molar-refractivity contribution in [2.24, 2.45) is 11.8 Å². The molecule has 0 spiro atoms. The number of benzene rings is 2. The van der Waals surface area contributed by atoms with E-state index >= 15 is 0 Å². The van der Waals surface area contributed by atoms with Crippen LogP contribution in [-0.2, 0) is 14.8 Å². The third kappa shape index (κ3) is 4.45. The molecule has 0 heterocycles. The van der Waals surface area contributed by atoms with Crippen molar-refractivity contribution in [3.05, 3.63) is 36.4 Å². The highest BCUT2D eigenvalue weighted by atomic mass is 32.2. The molecule has 0 aromatic heterocycles. The number of rotatable bonds is 8. The topological polar surface area (TPSA) is 107 Å². The van der Waals surface area contributed by atoms with E-state index in [1.165, 1.54) is 6.07 Å². The molecule has 7 nitrogen and oxygen atoms in total. The van der Waals surface area contributed by atoms with Gasteiger partial charge in [-0.05, 0) is 29.7 Å². The van der Waals surface area contributed by atoms with Crippen LogP contribution in [0.4, 0.5) is 0 Å². The van der Waals surface area contributed by atoms with Gasteiger partial charge in [0.05, 0.1) is 0 Å². The molecule has 0 aliphatic carbocycles. The first-order chi connectivity index (χ1) is 13.1. The number of phenolic OH excluding ortho intramolecular Hbond substituents is 1. The van der Waals surface area contributed by atoms with Crippen molar-refractivity contribution in [3.8, 4) is 5.75 Å². The lowest BCUT2D eigenvalue weighted by Gasteiger charge is -2.32. The van der Waals surface area contributed by atoms with Gasteiger partial charge in [0.15, 0.2) is 0 Å². The Bertz CT molecular complexity index is 941. The Morgan fingerprint density at radius 1 is 1.11 bits per heavy atom. The van der Waals surface area contributed by atoms with E-state index in [4.69, 9.17) is 5.21 Å². The first-order valence-corrected chi connectivity index (χ1v) is 10.7. The minimum atomic E-state index is -4.21. The summed E-state index contributed by atoms with van der Waals surface area (Å²) < 4.78 is 28.0. The monoisotopic (exact) mass is 408 g/mol. The zero-order valence-electron chi connectivity index (χ0n) is 16.6. The van der Waals surface area contributed by atoms with Crippen molar-refractivity contribution in [1.82, 2.24) is 9.79 Å². The van der Waals surface area contributed by atoms with Gasteiger partial charge < -0.3 is 5.11 Å². The van der Waals surface area contributed by atoms with Crippen molar-refractivity contribution in [2.75, 3.05) is 6.54 Å². The number of fused-ring (bicyclic) bond motifs is 1. The van der Waals surface area contributed by atoms with Gasteiger partial charge in [0, 0.05) is 11.9 Å². The summed E-state index contributed by atoms with van der Waals surface area (Å²) in [7, 11) is -4.21. The Hall–Kier alpha value is -2.16. The van der Waals surface area contributed by atoms with Crippen molar-refractivity contribution in [2.45, 2.75) is 45.1 Å². The number of carbonyl (C=O) groups is 1. The van der Waals surface area contributed by atoms with Gasteiger partial charge >= 0.3 is 0 Å². The van der Waals surface area contributed by atoms with Crippen molar-refractivity contribution in [3.63, 3.8) is 0 Å². The summed E-state index contributed by atoms with van der Waals surface area (Å²) in [5.74, 6) is -1.34. The second kappa shape index (κ2) is 8.89. The molecule has 2 aromatic rings. The number of phenols is 1. The fourth-order valence-corrected chi connectivity index (χ4v) is 5.03. The maximum atomic E-state index is 13.5. The van der Waals surface area contributed by atoms with E-state index in [1.54, 1.807) is 49.7 Å². The molecule has 28 heavy (non-hydrogen) atoms. The third-order valence-corrected chi connectivity index (χ3v) is 6.61. The number of nitrogens with one attached hydrogen (secondary N) is 1. The van der Waals surface area contributed by atoms with Gasteiger partial charge in [-0.15, -0.1) is 0 Å². The summed E-state index contributed by atoms with van der Waals surface area (Å²) in [6.07, 6.45) is 0.523. The predicted molar refractivity (Wildman–Crippen MR) is 108 cm³/mol. The number of hydrogen-bond acceptors (Lipinski definition) is 5. The molecule has 2 rings (SSSR count). The molecule has 0 fully saturated rings. The van der Waals surface area contributed by atoms with Crippen molar-refractivity contribution < 1.29 is 23.5 Å². The standard InChI is InChI=1S/C20H28N2O5S/c1-13(2)11-12-22(18(14(3)4)20(24)21-25)28(26,27)17-10-9-15-7-5-6-8-16(15)19(17)23/h5-10,13-14,18,23,25H,11-12H2,1-4H3,(H,21,24). The minimum absolute atomic E-state index is 0.0858. The molecule has 3 N–H and O–H groups in total. The highest BCUT2D eigenvalue weighted by molar-refractivity contribution is 7.89. The van der Waals surface area contributed by atoms with Crippen LogP contribution < -0.4 is 5.48 Å². The van der Waals surface area contributed by atoms with Gasteiger partial charge in [-0.3, -0.25) is 10.0 Å². The first kappa shape index (κ1) is 22.1. The molecule has 2 aromatic carbocycles. The van der Waals surface area contributed by atoms with Crippen LogP contribution in [0.15, 0.2) is 41.3 Å². The molecule has 0 saturated carbocycles. The van der Waals surface area contributed by atoms with Crippen LogP contribution >= 0.6 is 0 Å². The van der Waals surface area contributed by atoms with Crippen molar-refractivity contribution >= 4 is 26.7 Å². The van der Waals surface area contributed by atoms with Crippen LogP contribution in [0.3, 0.4) is 0 Å². The lowest BCUT2D eigenvalue weighted by Crippen LogP contribution is -2.52. The Morgan fingerprint density at radius 3 is 2.32 bits per heavy atom. The van der Waals surface area contributed by atoms with E-state index in [1.807, 2.05) is 13.8 Å². The summed E-state index contributed by atoms with van der Waals surface area (Å²) >= 11 is 0. The lowest BCUT2D eigenvalue weighted by molar-refractivity contribution is -0.134. The zero-order chi connectivity index (χ0) is 21.1. The fraction of sp³-hybridized carbons (Fsp3) is 0.450. The maximum Gasteiger partial charge on any atom is 0.262 e. The Balaban J connectivity index is 2.63. The number of nitrogens with zero attached hydrogens (tertiary/aromatic N) is 1. The molecule has 0 saturated heterocycles. The van der Waals surface area contributed by atoms with Crippen LogP contribution in [0.25, 0.3) is 10.8 Å². The highest BCUT2D eigenvalue weighted by Crippen LogP contribution is 2.35. The summed E-state index contributed by atoms with van der Waals surface area (Å²) in [6.45, 7) is 7.40. The van der Waals surface area contributed by atoms with Gasteiger partial charge in [-0.1, -0.05) is 58.0 Å². The van der Waals surface area contributed by atoms with E-state index < -0.39 is 27.9 Å². The quantitative estimate of drug-likeness (QED) is 0.460. The van der Waals surface area contributed by atoms with E-state index in [0.29, 0.717) is 17.2 Å². The van der Waals surface area contributed by atoms with Gasteiger partial charge in [0.2, 0.25) is 10.0 Å². The molecule has 1 atom stereocenters. The smallest absolute Gasteiger partial charge is 0.262 e. The highest BCUT2D eigenvalue weighted by Gasteiger charge is 2.39. The van der Waals surface area contributed by atoms with Crippen LogP contribution in [-0.4, -0.2) is 41.5 Å². The first-order valence-electron chi connectivity index (χ1n) is 9.27. The van der Waals surface area contributed by atoms with Crippen molar-refractivity contribution in [1.29, 1.82) is 0 Å².